The van der Waals surface area contributed by atoms with Crippen LogP contribution in [0.4, 0.5) is 0 Å². The molecule has 0 saturated carbocycles. The van der Waals surface area contributed by atoms with Crippen LogP contribution in [-0.4, -0.2) is 23.0 Å². The van der Waals surface area contributed by atoms with Crippen LogP contribution in [0.2, 0.25) is 0 Å². The molecule has 2 aromatic heterocycles. The molecule has 3 aromatic rings. The normalized spacial score (nSPS) is 12.2. The van der Waals surface area contributed by atoms with Crippen LogP contribution < -0.4 is 5.73 Å². The minimum Gasteiger partial charge on any atom is -0.448 e. The van der Waals surface area contributed by atoms with E-state index in [9.17, 15) is 9.59 Å². The van der Waals surface area contributed by atoms with E-state index >= 15 is 0 Å². The molecule has 1 unspecified atom stereocenters. The van der Waals surface area contributed by atoms with Crippen molar-refractivity contribution >= 4 is 44.8 Å². The van der Waals surface area contributed by atoms with E-state index in [2.05, 4.69) is 4.98 Å². The Labute approximate surface area is 134 Å². The van der Waals surface area contributed by atoms with E-state index in [-0.39, 0.29) is 0 Å². The summed E-state index contributed by atoms with van der Waals surface area (Å²) in [7, 11) is 0. The SMILES string of the molecule is CC(OC(=O)c1ccc(-c2nc3ccccc3s2)s1)C(N)=O. The number of hydrogen-bond acceptors (Lipinski definition) is 6. The molecule has 2 heterocycles. The topological polar surface area (TPSA) is 82.3 Å². The van der Waals surface area contributed by atoms with Crippen LogP contribution in [0.15, 0.2) is 36.4 Å². The van der Waals surface area contributed by atoms with Gasteiger partial charge in [0.05, 0.1) is 15.1 Å². The average molecular weight is 332 g/mol. The van der Waals surface area contributed by atoms with Crippen molar-refractivity contribution in [3.05, 3.63) is 41.3 Å². The van der Waals surface area contributed by atoms with Crippen molar-refractivity contribution in [1.82, 2.24) is 4.98 Å². The molecule has 5 nitrogen and oxygen atoms in total. The smallest absolute Gasteiger partial charge is 0.349 e. The number of primary amides is 1. The Hall–Kier alpha value is -2.25. The first-order chi connectivity index (χ1) is 10.5. The largest absolute Gasteiger partial charge is 0.448 e. The summed E-state index contributed by atoms with van der Waals surface area (Å²) in [5, 5.41) is 0.855. The zero-order valence-electron chi connectivity index (χ0n) is 11.6. The van der Waals surface area contributed by atoms with Crippen LogP contribution in [-0.2, 0) is 9.53 Å². The Balaban J connectivity index is 1.84. The van der Waals surface area contributed by atoms with E-state index in [0.29, 0.717) is 4.88 Å². The first kappa shape index (κ1) is 14.7. The molecule has 112 valence electrons. The number of rotatable bonds is 4. The van der Waals surface area contributed by atoms with Crippen molar-refractivity contribution in [2.45, 2.75) is 13.0 Å². The predicted octanol–water partition coefficient (Wildman–Crippen LogP) is 3.06. The Morgan fingerprint density at radius 2 is 1.95 bits per heavy atom. The van der Waals surface area contributed by atoms with Gasteiger partial charge in [-0.05, 0) is 31.2 Å². The number of amides is 1. The van der Waals surface area contributed by atoms with Gasteiger partial charge in [-0.15, -0.1) is 22.7 Å². The van der Waals surface area contributed by atoms with Crippen LogP contribution in [0.25, 0.3) is 20.1 Å². The highest BCUT2D eigenvalue weighted by Crippen LogP contribution is 2.34. The summed E-state index contributed by atoms with van der Waals surface area (Å²) in [6, 6.07) is 11.4. The fourth-order valence-corrected chi connectivity index (χ4v) is 3.73. The quantitative estimate of drug-likeness (QED) is 0.744. The number of nitrogens with zero attached hydrogens (tertiary/aromatic N) is 1. The zero-order valence-corrected chi connectivity index (χ0v) is 13.2. The summed E-state index contributed by atoms with van der Waals surface area (Å²) in [5.74, 6) is -1.22. The molecule has 0 aliphatic carbocycles. The number of thiazole rings is 1. The Kier molecular flexibility index (Phi) is 3.91. The van der Waals surface area contributed by atoms with Crippen molar-refractivity contribution in [1.29, 1.82) is 0 Å². The van der Waals surface area contributed by atoms with Gasteiger partial charge in [0, 0.05) is 0 Å². The number of nitrogens with two attached hydrogens (primary N) is 1. The van der Waals surface area contributed by atoms with Gasteiger partial charge in [-0.1, -0.05) is 12.1 Å². The predicted molar refractivity (Wildman–Crippen MR) is 87.0 cm³/mol. The molecule has 0 bridgehead atoms. The number of hydrogen-bond donors (Lipinski definition) is 1. The van der Waals surface area contributed by atoms with Gasteiger partial charge in [0.1, 0.15) is 9.88 Å². The Morgan fingerprint density at radius 1 is 1.18 bits per heavy atom. The second-order valence-electron chi connectivity index (χ2n) is 4.60. The van der Waals surface area contributed by atoms with Gasteiger partial charge in [0.25, 0.3) is 5.91 Å². The Bertz CT molecular complexity index is 820. The molecule has 0 spiro atoms. The minimum absolute atomic E-state index is 0.419. The van der Waals surface area contributed by atoms with Gasteiger partial charge < -0.3 is 10.5 Å². The van der Waals surface area contributed by atoms with Crippen molar-refractivity contribution in [2.75, 3.05) is 0 Å². The maximum atomic E-state index is 11.9. The van der Waals surface area contributed by atoms with Crippen LogP contribution >= 0.6 is 22.7 Å². The molecule has 0 fully saturated rings. The van der Waals surface area contributed by atoms with E-state index in [0.717, 1.165) is 20.1 Å². The molecular formula is C15H12N2O3S2. The first-order valence-corrected chi connectivity index (χ1v) is 8.14. The molecule has 3 rings (SSSR count). The lowest BCUT2D eigenvalue weighted by atomic mass is 10.3. The highest BCUT2D eigenvalue weighted by atomic mass is 32.1. The summed E-state index contributed by atoms with van der Waals surface area (Å²) >= 11 is 2.85. The molecule has 0 radical (unpaired) electrons. The lowest BCUT2D eigenvalue weighted by molar-refractivity contribution is -0.125. The Morgan fingerprint density at radius 3 is 2.68 bits per heavy atom. The number of thiophene rings is 1. The second kappa shape index (κ2) is 5.86. The van der Waals surface area contributed by atoms with Crippen LogP contribution in [0.3, 0.4) is 0 Å². The molecule has 2 N–H and O–H groups in total. The summed E-state index contributed by atoms with van der Waals surface area (Å²) in [5.41, 5.74) is 6.01. The van der Waals surface area contributed by atoms with E-state index in [4.69, 9.17) is 10.5 Å². The molecule has 7 heteroatoms. The number of para-hydroxylation sites is 1. The molecular weight excluding hydrogens is 320 g/mol. The van der Waals surface area contributed by atoms with Crippen molar-refractivity contribution < 1.29 is 14.3 Å². The molecule has 0 aliphatic heterocycles. The van der Waals surface area contributed by atoms with Crippen LogP contribution in [0, 0.1) is 0 Å². The lowest BCUT2D eigenvalue weighted by Gasteiger charge is -2.07. The van der Waals surface area contributed by atoms with E-state index in [1.807, 2.05) is 30.3 Å². The maximum absolute atomic E-state index is 11.9. The number of carbonyl (C=O) groups excluding carboxylic acids is 2. The van der Waals surface area contributed by atoms with Crippen LogP contribution in [0.5, 0.6) is 0 Å². The summed E-state index contributed by atoms with van der Waals surface area (Å²) in [6.07, 6.45) is -0.944. The van der Waals surface area contributed by atoms with Crippen molar-refractivity contribution in [2.24, 2.45) is 5.73 Å². The third-order valence-electron chi connectivity index (χ3n) is 3.00. The number of esters is 1. The van der Waals surface area contributed by atoms with Gasteiger partial charge in [0.15, 0.2) is 6.10 Å². The highest BCUT2D eigenvalue weighted by Gasteiger charge is 2.19. The van der Waals surface area contributed by atoms with E-state index < -0.39 is 18.0 Å². The van der Waals surface area contributed by atoms with Gasteiger partial charge in [0.2, 0.25) is 0 Å². The fourth-order valence-electron chi connectivity index (χ4n) is 1.82. The maximum Gasteiger partial charge on any atom is 0.349 e. The monoisotopic (exact) mass is 332 g/mol. The number of ether oxygens (including phenoxy) is 1. The second-order valence-corrected chi connectivity index (χ2v) is 6.71. The van der Waals surface area contributed by atoms with Crippen molar-refractivity contribution in [3.8, 4) is 9.88 Å². The third-order valence-corrected chi connectivity index (χ3v) is 5.27. The average Bonchev–Trinajstić information content (AvgIpc) is 3.13. The van der Waals surface area contributed by atoms with E-state index in [1.165, 1.54) is 18.3 Å². The molecule has 1 aromatic carbocycles. The van der Waals surface area contributed by atoms with Gasteiger partial charge >= 0.3 is 5.97 Å². The number of carbonyl (C=O) groups is 2. The van der Waals surface area contributed by atoms with Gasteiger partial charge in [-0.25, -0.2) is 9.78 Å². The van der Waals surface area contributed by atoms with Gasteiger partial charge in [-0.2, -0.15) is 0 Å². The summed E-state index contributed by atoms with van der Waals surface area (Å²) < 4.78 is 6.08. The molecule has 0 saturated heterocycles. The number of aromatic nitrogens is 1. The summed E-state index contributed by atoms with van der Waals surface area (Å²) in [6.45, 7) is 1.45. The van der Waals surface area contributed by atoms with Crippen molar-refractivity contribution in [3.63, 3.8) is 0 Å². The summed E-state index contributed by atoms with van der Waals surface area (Å²) in [4.78, 5) is 28.7. The van der Waals surface area contributed by atoms with Crippen LogP contribution in [0.1, 0.15) is 16.6 Å². The molecule has 22 heavy (non-hydrogen) atoms. The molecule has 0 aliphatic rings. The number of fused-ring (bicyclic) bond motifs is 1. The highest BCUT2D eigenvalue weighted by molar-refractivity contribution is 7.26. The lowest BCUT2D eigenvalue weighted by Crippen LogP contribution is -2.30. The molecule has 1 amide bonds. The fraction of sp³-hybridized carbons (Fsp3) is 0.133. The zero-order chi connectivity index (χ0) is 15.7. The standard InChI is InChI=1S/C15H12N2O3S2/c1-8(13(16)18)20-15(19)12-7-6-11(21-12)14-17-9-4-2-3-5-10(9)22-14/h2-8H,1H3,(H2,16,18). The minimum atomic E-state index is -0.944. The van der Waals surface area contributed by atoms with E-state index in [1.54, 1.807) is 17.4 Å². The third kappa shape index (κ3) is 2.86. The van der Waals surface area contributed by atoms with Gasteiger partial charge in [-0.3, -0.25) is 4.79 Å². The first-order valence-electron chi connectivity index (χ1n) is 6.50. The number of benzene rings is 1. The molecule has 1 atom stereocenters.